The van der Waals surface area contributed by atoms with Crippen LogP contribution in [0.25, 0.3) is 0 Å². The maximum atomic E-state index is 14.5. The number of carbonyl (C=O) groups excluding carboxylic acids is 2. The Kier molecular flexibility index (Phi) is 5.67. The van der Waals surface area contributed by atoms with Crippen molar-refractivity contribution < 1.29 is 14.0 Å². The van der Waals surface area contributed by atoms with Gasteiger partial charge in [-0.05, 0) is 32.0 Å². The summed E-state index contributed by atoms with van der Waals surface area (Å²) in [5, 5.41) is 2.82. The summed E-state index contributed by atoms with van der Waals surface area (Å²) in [4.78, 5) is 31.7. The van der Waals surface area contributed by atoms with E-state index in [4.69, 9.17) is 0 Å². The Morgan fingerprint density at radius 1 is 1.14 bits per heavy atom. The minimum absolute atomic E-state index is 0.126. The van der Waals surface area contributed by atoms with Gasteiger partial charge in [0.05, 0.1) is 23.9 Å². The SMILES string of the molecule is C=CCN1C(=O)NC(c2ccccc2F)C2=C1CN(CCN1CCCCC1)C2=O. The van der Waals surface area contributed by atoms with Crippen LogP contribution >= 0.6 is 0 Å². The van der Waals surface area contributed by atoms with Crippen LogP contribution in [-0.4, -0.2) is 65.9 Å². The number of rotatable bonds is 6. The number of hydrogen-bond acceptors (Lipinski definition) is 3. The van der Waals surface area contributed by atoms with Crippen molar-refractivity contribution in [1.29, 1.82) is 0 Å². The zero-order valence-corrected chi connectivity index (χ0v) is 16.6. The molecule has 1 aromatic carbocycles. The quantitative estimate of drug-likeness (QED) is 0.750. The second-order valence-electron chi connectivity index (χ2n) is 7.79. The summed E-state index contributed by atoms with van der Waals surface area (Å²) in [6.07, 6.45) is 5.30. The van der Waals surface area contributed by atoms with E-state index in [1.54, 1.807) is 34.1 Å². The summed E-state index contributed by atoms with van der Waals surface area (Å²) in [6, 6.07) is 5.19. The van der Waals surface area contributed by atoms with Crippen molar-refractivity contribution in [3.63, 3.8) is 0 Å². The Hall–Kier alpha value is -2.67. The Balaban J connectivity index is 1.60. The molecule has 3 heterocycles. The highest BCUT2D eigenvalue weighted by molar-refractivity contribution is 6.01. The molecule has 0 bridgehead atoms. The van der Waals surface area contributed by atoms with Gasteiger partial charge in [-0.1, -0.05) is 30.7 Å². The number of nitrogens with zero attached hydrogens (tertiary/aromatic N) is 3. The van der Waals surface area contributed by atoms with E-state index >= 15 is 0 Å². The molecule has 1 N–H and O–H groups in total. The van der Waals surface area contributed by atoms with Crippen LogP contribution in [0.5, 0.6) is 0 Å². The topological polar surface area (TPSA) is 55.9 Å². The van der Waals surface area contributed by atoms with Gasteiger partial charge in [0.2, 0.25) is 0 Å². The Labute approximate surface area is 170 Å². The summed E-state index contributed by atoms with van der Waals surface area (Å²) in [5.74, 6) is -0.555. The molecule has 0 radical (unpaired) electrons. The Morgan fingerprint density at radius 2 is 1.90 bits per heavy atom. The van der Waals surface area contributed by atoms with Crippen molar-refractivity contribution >= 4 is 11.9 Å². The maximum Gasteiger partial charge on any atom is 0.322 e. The molecular weight excluding hydrogens is 371 g/mol. The number of benzene rings is 1. The second-order valence-corrected chi connectivity index (χ2v) is 7.79. The van der Waals surface area contributed by atoms with Gasteiger partial charge >= 0.3 is 6.03 Å². The summed E-state index contributed by atoms with van der Waals surface area (Å²) in [7, 11) is 0. The highest BCUT2D eigenvalue weighted by Gasteiger charge is 2.44. The first-order valence-electron chi connectivity index (χ1n) is 10.3. The number of piperidine rings is 1. The third kappa shape index (κ3) is 3.79. The van der Waals surface area contributed by atoms with Crippen molar-refractivity contribution in [2.45, 2.75) is 25.3 Å². The minimum atomic E-state index is -0.771. The molecule has 1 aromatic rings. The van der Waals surface area contributed by atoms with Crippen molar-refractivity contribution in [3.8, 4) is 0 Å². The molecule has 1 atom stereocenters. The van der Waals surface area contributed by atoms with Crippen LogP contribution in [0.15, 0.2) is 48.2 Å². The zero-order valence-electron chi connectivity index (χ0n) is 16.6. The molecular formula is C22H27FN4O2. The summed E-state index contributed by atoms with van der Waals surface area (Å²) < 4.78 is 14.5. The van der Waals surface area contributed by atoms with Crippen molar-refractivity contribution in [2.75, 3.05) is 39.3 Å². The molecule has 3 amide bonds. The highest BCUT2D eigenvalue weighted by atomic mass is 19.1. The van der Waals surface area contributed by atoms with E-state index in [1.807, 2.05) is 0 Å². The number of likely N-dealkylation sites (tertiary alicyclic amines) is 1. The maximum absolute atomic E-state index is 14.5. The summed E-state index contributed by atoms with van der Waals surface area (Å²) in [5.41, 5.74) is 1.44. The first-order valence-corrected chi connectivity index (χ1v) is 10.3. The van der Waals surface area contributed by atoms with Crippen LogP contribution in [0, 0.1) is 5.82 Å². The van der Waals surface area contributed by atoms with Crippen molar-refractivity contribution in [2.24, 2.45) is 0 Å². The Morgan fingerprint density at radius 3 is 2.62 bits per heavy atom. The number of amides is 3. The Bertz CT molecular complexity index is 847. The van der Waals surface area contributed by atoms with Gasteiger partial charge in [-0.25, -0.2) is 9.18 Å². The third-order valence-electron chi connectivity index (χ3n) is 5.96. The molecule has 6 nitrogen and oxygen atoms in total. The van der Waals surface area contributed by atoms with Gasteiger partial charge in [0.1, 0.15) is 5.82 Å². The summed E-state index contributed by atoms with van der Waals surface area (Å²) in [6.45, 7) is 7.95. The largest absolute Gasteiger partial charge is 0.332 e. The molecule has 1 fully saturated rings. The van der Waals surface area contributed by atoms with E-state index < -0.39 is 11.9 Å². The number of hydrogen-bond donors (Lipinski definition) is 1. The molecule has 7 heteroatoms. The lowest BCUT2D eigenvalue weighted by molar-refractivity contribution is -0.126. The van der Waals surface area contributed by atoms with E-state index in [1.165, 1.54) is 25.3 Å². The monoisotopic (exact) mass is 398 g/mol. The smallest absolute Gasteiger partial charge is 0.322 e. The van der Waals surface area contributed by atoms with Gasteiger partial charge in [-0.15, -0.1) is 6.58 Å². The number of carbonyl (C=O) groups is 2. The first kappa shape index (κ1) is 19.6. The molecule has 0 aromatic heterocycles. The molecule has 0 saturated carbocycles. The predicted molar refractivity (Wildman–Crippen MR) is 108 cm³/mol. The fourth-order valence-electron chi connectivity index (χ4n) is 4.44. The van der Waals surface area contributed by atoms with E-state index in [-0.39, 0.29) is 11.9 Å². The molecule has 0 aliphatic carbocycles. The third-order valence-corrected chi connectivity index (χ3v) is 5.96. The van der Waals surface area contributed by atoms with Crippen LogP contribution in [0.4, 0.5) is 9.18 Å². The summed E-state index contributed by atoms with van der Waals surface area (Å²) >= 11 is 0. The van der Waals surface area contributed by atoms with Crippen LogP contribution in [-0.2, 0) is 4.79 Å². The van der Waals surface area contributed by atoms with Gasteiger partial charge in [0.15, 0.2) is 0 Å². The number of halogens is 1. The van der Waals surface area contributed by atoms with E-state index in [0.29, 0.717) is 36.5 Å². The average Bonchev–Trinajstić information content (AvgIpc) is 3.06. The lowest BCUT2D eigenvalue weighted by atomic mass is 9.95. The second kappa shape index (κ2) is 8.37. The standard InChI is InChI=1S/C22H27FN4O2/c1-2-10-27-18-15-26(14-13-25-11-6-3-7-12-25)21(28)19(18)20(24-22(27)29)16-8-4-5-9-17(16)23/h2,4-5,8-9,20H,1,3,6-7,10-15H2,(H,24,29). The van der Waals surface area contributed by atoms with Crippen LogP contribution in [0.1, 0.15) is 30.9 Å². The first-order chi connectivity index (χ1) is 14.1. The van der Waals surface area contributed by atoms with E-state index in [2.05, 4.69) is 16.8 Å². The number of urea groups is 1. The molecule has 3 aliphatic rings. The molecule has 4 rings (SSSR count). The van der Waals surface area contributed by atoms with E-state index in [9.17, 15) is 14.0 Å². The molecule has 29 heavy (non-hydrogen) atoms. The van der Waals surface area contributed by atoms with Gasteiger partial charge in [0, 0.05) is 25.2 Å². The van der Waals surface area contributed by atoms with Crippen LogP contribution < -0.4 is 5.32 Å². The normalized spacial score (nSPS) is 22.7. The lowest BCUT2D eigenvalue weighted by Gasteiger charge is -2.33. The van der Waals surface area contributed by atoms with Crippen molar-refractivity contribution in [3.05, 3.63) is 59.6 Å². The molecule has 3 aliphatic heterocycles. The number of nitrogens with one attached hydrogen (secondary N) is 1. The van der Waals surface area contributed by atoms with E-state index in [0.717, 1.165) is 19.6 Å². The predicted octanol–water partition coefficient (Wildman–Crippen LogP) is 2.66. The van der Waals surface area contributed by atoms with Crippen molar-refractivity contribution in [1.82, 2.24) is 20.0 Å². The lowest BCUT2D eigenvalue weighted by Crippen LogP contribution is -2.47. The highest BCUT2D eigenvalue weighted by Crippen LogP contribution is 2.37. The van der Waals surface area contributed by atoms with Gasteiger partial charge < -0.3 is 15.1 Å². The molecule has 1 saturated heterocycles. The van der Waals surface area contributed by atoms with Crippen LogP contribution in [0.2, 0.25) is 0 Å². The minimum Gasteiger partial charge on any atom is -0.332 e. The molecule has 0 spiro atoms. The van der Waals surface area contributed by atoms with Gasteiger partial charge in [-0.2, -0.15) is 0 Å². The van der Waals surface area contributed by atoms with Crippen LogP contribution in [0.3, 0.4) is 0 Å². The van der Waals surface area contributed by atoms with Gasteiger partial charge in [0.25, 0.3) is 5.91 Å². The average molecular weight is 398 g/mol. The molecule has 154 valence electrons. The fourth-order valence-corrected chi connectivity index (χ4v) is 4.44. The zero-order chi connectivity index (χ0) is 20.4. The fraction of sp³-hybridized carbons (Fsp3) is 0.455. The van der Waals surface area contributed by atoms with Gasteiger partial charge in [-0.3, -0.25) is 9.69 Å². The molecule has 1 unspecified atom stereocenters.